The van der Waals surface area contributed by atoms with Crippen molar-refractivity contribution in [2.24, 2.45) is 0 Å². The highest BCUT2D eigenvalue weighted by atomic mass is 35.5. The number of hydrogen-bond acceptors (Lipinski definition) is 3. The first-order valence-electron chi connectivity index (χ1n) is 9.47. The van der Waals surface area contributed by atoms with Crippen LogP contribution < -0.4 is 10.6 Å². The third-order valence-corrected chi connectivity index (χ3v) is 5.30. The zero-order valence-corrected chi connectivity index (χ0v) is 16.7. The lowest BCUT2D eigenvalue weighted by Gasteiger charge is -2.26. The summed E-state index contributed by atoms with van der Waals surface area (Å²) in [4.78, 5) is 12.3. The van der Waals surface area contributed by atoms with Crippen LogP contribution in [0.2, 0.25) is 5.02 Å². The highest BCUT2D eigenvalue weighted by Crippen LogP contribution is 2.24. The van der Waals surface area contributed by atoms with E-state index in [4.69, 9.17) is 11.6 Å². The van der Waals surface area contributed by atoms with E-state index < -0.39 is 0 Å². The lowest BCUT2D eigenvalue weighted by Crippen LogP contribution is -2.45. The molecule has 1 amide bonds. The minimum absolute atomic E-state index is 0.0986. The van der Waals surface area contributed by atoms with E-state index in [-0.39, 0.29) is 12.1 Å². The number of fused-ring (bicyclic) bond motifs is 1. The normalized spacial score (nSPS) is 16.1. The Hall–Kier alpha value is -2.63. The van der Waals surface area contributed by atoms with Crippen LogP contribution in [0.25, 0.3) is 11.3 Å². The largest absolute Gasteiger partial charge is 0.347 e. The Morgan fingerprint density at radius 3 is 2.57 bits per heavy atom. The highest BCUT2D eigenvalue weighted by molar-refractivity contribution is 6.30. The Bertz CT molecular complexity index is 977. The maximum absolute atomic E-state index is 12.3. The smallest absolute Gasteiger partial charge is 0.269 e. The van der Waals surface area contributed by atoms with Crippen molar-refractivity contribution in [2.45, 2.75) is 32.5 Å². The summed E-state index contributed by atoms with van der Waals surface area (Å²) < 4.78 is 1.78. The SMILES string of the molecule is CC(C)c1ccc(CNC2CNC(=O)c3cc(-c4ccc(Cl)cc4)nn32)cc1. The third-order valence-electron chi connectivity index (χ3n) is 5.05. The predicted octanol–water partition coefficient (Wildman–Crippen LogP) is 4.36. The molecule has 0 saturated heterocycles. The summed E-state index contributed by atoms with van der Waals surface area (Å²) in [5, 5.41) is 11.8. The maximum atomic E-state index is 12.3. The van der Waals surface area contributed by atoms with Gasteiger partial charge in [0.1, 0.15) is 11.9 Å². The second-order valence-electron chi connectivity index (χ2n) is 7.37. The summed E-state index contributed by atoms with van der Waals surface area (Å²) in [6.45, 7) is 5.58. The van der Waals surface area contributed by atoms with Crippen molar-refractivity contribution in [1.29, 1.82) is 0 Å². The van der Waals surface area contributed by atoms with E-state index >= 15 is 0 Å². The topological polar surface area (TPSA) is 58.9 Å². The van der Waals surface area contributed by atoms with Crippen molar-refractivity contribution in [2.75, 3.05) is 6.54 Å². The first-order valence-corrected chi connectivity index (χ1v) is 9.85. The quantitative estimate of drug-likeness (QED) is 0.676. The number of amides is 1. The van der Waals surface area contributed by atoms with Gasteiger partial charge in [-0.15, -0.1) is 0 Å². The van der Waals surface area contributed by atoms with Gasteiger partial charge in [0.15, 0.2) is 0 Å². The van der Waals surface area contributed by atoms with Gasteiger partial charge in [0, 0.05) is 17.1 Å². The fraction of sp³-hybridized carbons (Fsp3) is 0.273. The fourth-order valence-electron chi connectivity index (χ4n) is 3.34. The number of carbonyl (C=O) groups is 1. The van der Waals surface area contributed by atoms with E-state index in [1.807, 2.05) is 30.3 Å². The summed E-state index contributed by atoms with van der Waals surface area (Å²) in [5.74, 6) is 0.417. The molecule has 3 aromatic rings. The van der Waals surface area contributed by atoms with Crippen LogP contribution in [0.5, 0.6) is 0 Å². The molecule has 0 fully saturated rings. The Kier molecular flexibility index (Phi) is 5.20. The van der Waals surface area contributed by atoms with Gasteiger partial charge in [-0.3, -0.25) is 10.1 Å². The van der Waals surface area contributed by atoms with Crippen LogP contribution in [0.4, 0.5) is 0 Å². The average Bonchev–Trinajstić information content (AvgIpc) is 3.15. The third kappa shape index (κ3) is 3.81. The molecule has 0 aliphatic carbocycles. The van der Waals surface area contributed by atoms with Crippen molar-refractivity contribution in [3.8, 4) is 11.3 Å². The van der Waals surface area contributed by atoms with Gasteiger partial charge < -0.3 is 5.32 Å². The molecule has 6 heteroatoms. The van der Waals surface area contributed by atoms with E-state index in [1.165, 1.54) is 11.1 Å². The van der Waals surface area contributed by atoms with Crippen molar-refractivity contribution in [3.63, 3.8) is 0 Å². The van der Waals surface area contributed by atoms with E-state index in [1.54, 1.807) is 4.68 Å². The summed E-state index contributed by atoms with van der Waals surface area (Å²) in [6.07, 6.45) is -0.0986. The van der Waals surface area contributed by atoms with Crippen molar-refractivity contribution >= 4 is 17.5 Å². The van der Waals surface area contributed by atoms with Crippen LogP contribution in [0.3, 0.4) is 0 Å². The molecule has 1 aliphatic rings. The number of nitrogens with zero attached hydrogens (tertiary/aromatic N) is 2. The number of rotatable bonds is 5. The minimum atomic E-state index is -0.105. The molecule has 0 saturated carbocycles. The molecule has 4 rings (SSSR count). The molecule has 144 valence electrons. The van der Waals surface area contributed by atoms with E-state index in [9.17, 15) is 4.79 Å². The van der Waals surface area contributed by atoms with Gasteiger partial charge in [0.25, 0.3) is 5.91 Å². The lowest BCUT2D eigenvalue weighted by molar-refractivity contribution is 0.0900. The fourth-order valence-corrected chi connectivity index (χ4v) is 3.47. The van der Waals surface area contributed by atoms with Crippen molar-refractivity contribution < 1.29 is 4.79 Å². The van der Waals surface area contributed by atoms with Gasteiger partial charge in [-0.05, 0) is 35.2 Å². The Labute approximate surface area is 169 Å². The van der Waals surface area contributed by atoms with Gasteiger partial charge in [-0.25, -0.2) is 4.68 Å². The van der Waals surface area contributed by atoms with Crippen LogP contribution in [0, 0.1) is 0 Å². The molecule has 1 aliphatic heterocycles. The molecule has 2 aromatic carbocycles. The number of benzene rings is 2. The van der Waals surface area contributed by atoms with Crippen molar-refractivity contribution in [3.05, 3.63) is 76.4 Å². The van der Waals surface area contributed by atoms with E-state index in [0.29, 0.717) is 29.7 Å². The second kappa shape index (κ2) is 7.78. The molecule has 0 spiro atoms. The average molecular weight is 395 g/mol. The van der Waals surface area contributed by atoms with Crippen LogP contribution in [0.15, 0.2) is 54.6 Å². The number of carbonyl (C=O) groups excluding carboxylic acids is 1. The molecule has 0 radical (unpaired) electrons. The first kappa shape index (κ1) is 18.7. The van der Waals surface area contributed by atoms with Crippen LogP contribution in [-0.4, -0.2) is 22.2 Å². The monoisotopic (exact) mass is 394 g/mol. The van der Waals surface area contributed by atoms with Gasteiger partial charge >= 0.3 is 0 Å². The zero-order valence-electron chi connectivity index (χ0n) is 15.9. The van der Waals surface area contributed by atoms with Crippen molar-refractivity contribution in [1.82, 2.24) is 20.4 Å². The lowest BCUT2D eigenvalue weighted by atomic mass is 10.0. The van der Waals surface area contributed by atoms with Crippen LogP contribution in [0.1, 0.15) is 47.5 Å². The molecule has 5 nitrogen and oxygen atoms in total. The standard InChI is InChI=1S/C22H23ClN4O/c1-14(2)16-5-3-15(4-6-16)12-24-21-13-25-22(28)20-11-19(26-27(20)21)17-7-9-18(23)10-8-17/h3-11,14,21,24H,12-13H2,1-2H3,(H,25,28). The zero-order chi connectivity index (χ0) is 19.7. The molecular weight excluding hydrogens is 372 g/mol. The van der Waals surface area contributed by atoms with E-state index in [2.05, 4.69) is 53.8 Å². The summed E-state index contributed by atoms with van der Waals surface area (Å²) in [6, 6.07) is 17.9. The predicted molar refractivity (Wildman–Crippen MR) is 111 cm³/mol. The molecule has 0 bridgehead atoms. The number of aromatic nitrogens is 2. The molecule has 28 heavy (non-hydrogen) atoms. The molecular formula is C22H23ClN4O. The molecule has 1 aromatic heterocycles. The Morgan fingerprint density at radius 1 is 1.18 bits per heavy atom. The molecule has 1 atom stereocenters. The molecule has 2 heterocycles. The highest BCUT2D eigenvalue weighted by Gasteiger charge is 2.27. The maximum Gasteiger partial charge on any atom is 0.269 e. The summed E-state index contributed by atoms with van der Waals surface area (Å²) in [5.41, 5.74) is 4.78. The van der Waals surface area contributed by atoms with Gasteiger partial charge in [-0.1, -0.05) is 61.8 Å². The number of hydrogen-bond donors (Lipinski definition) is 2. The minimum Gasteiger partial charge on any atom is -0.347 e. The number of halogens is 1. The summed E-state index contributed by atoms with van der Waals surface area (Å²) >= 11 is 5.97. The Morgan fingerprint density at radius 2 is 1.89 bits per heavy atom. The van der Waals surface area contributed by atoms with Gasteiger partial charge in [0.2, 0.25) is 0 Å². The molecule has 2 N–H and O–H groups in total. The summed E-state index contributed by atoms with van der Waals surface area (Å²) in [7, 11) is 0. The van der Waals surface area contributed by atoms with Crippen LogP contribution >= 0.6 is 11.6 Å². The second-order valence-corrected chi connectivity index (χ2v) is 7.81. The number of nitrogens with one attached hydrogen (secondary N) is 2. The molecule has 1 unspecified atom stereocenters. The Balaban J connectivity index is 1.53. The van der Waals surface area contributed by atoms with Crippen LogP contribution in [-0.2, 0) is 6.54 Å². The van der Waals surface area contributed by atoms with E-state index in [0.717, 1.165) is 11.3 Å². The van der Waals surface area contributed by atoms with Gasteiger partial charge in [0.05, 0.1) is 12.2 Å². The van der Waals surface area contributed by atoms with Gasteiger partial charge in [-0.2, -0.15) is 5.10 Å². The first-order chi connectivity index (χ1) is 13.5.